The topological polar surface area (TPSA) is 105 Å². The van der Waals surface area contributed by atoms with E-state index in [2.05, 4.69) is 10.6 Å². The Hall–Kier alpha value is -5.24. The van der Waals surface area contributed by atoms with Crippen LogP contribution in [0.4, 0.5) is 21.0 Å². The summed E-state index contributed by atoms with van der Waals surface area (Å²) in [5.74, 6) is -0.0354. The number of benzene rings is 5. The van der Waals surface area contributed by atoms with Gasteiger partial charge in [0, 0.05) is 40.6 Å². The molecule has 4 amide bonds. The molecule has 8 nitrogen and oxygen atoms in total. The Kier molecular flexibility index (Phi) is 7.41. The molecule has 8 heteroatoms. The average molecular weight is 601 g/mol. The molecule has 0 spiro atoms. The van der Waals surface area contributed by atoms with Crippen LogP contribution in [0.5, 0.6) is 11.5 Å². The first kappa shape index (κ1) is 28.5. The van der Waals surface area contributed by atoms with Crippen molar-refractivity contribution in [2.24, 2.45) is 0 Å². The zero-order chi connectivity index (χ0) is 31.1. The van der Waals surface area contributed by atoms with Crippen LogP contribution < -0.4 is 10.6 Å². The lowest BCUT2D eigenvalue weighted by atomic mass is 9.92. The zero-order valence-corrected chi connectivity index (χ0v) is 25.2. The number of aromatic hydroxyl groups is 2. The molecule has 2 unspecified atom stereocenters. The Morgan fingerprint density at radius 1 is 0.644 bits per heavy atom. The average Bonchev–Trinajstić information content (AvgIpc) is 3.75. The molecule has 7 rings (SSSR count). The van der Waals surface area contributed by atoms with Crippen molar-refractivity contribution in [3.8, 4) is 11.5 Å². The van der Waals surface area contributed by atoms with Crippen LogP contribution in [-0.2, 0) is 0 Å². The summed E-state index contributed by atoms with van der Waals surface area (Å²) in [7, 11) is 0. The molecule has 5 aromatic carbocycles. The highest BCUT2D eigenvalue weighted by Gasteiger charge is 2.37. The second kappa shape index (κ2) is 11.7. The summed E-state index contributed by atoms with van der Waals surface area (Å²) in [6, 6.07) is 28.0. The van der Waals surface area contributed by atoms with Crippen molar-refractivity contribution in [2.45, 2.75) is 44.7 Å². The standard InChI is InChI=1S/C37H36N4O4/c1-23-34(42)28(32-18-8-20-40(32)36(44)38-30-16-6-12-24-10-2-4-14-26(24)30)22-29(35(23)43)33-19-9-21-41(33)37(45)39-31-17-7-13-25-11-3-5-15-27(25)31/h2-7,10-17,22,32-33,42-43H,8-9,18-21H2,1H3,(H,38,44)(H,39,45). The van der Waals surface area contributed by atoms with Crippen molar-refractivity contribution in [3.63, 3.8) is 0 Å². The SMILES string of the molecule is Cc1c(O)c(C2CCCN2C(=O)Nc2cccc3ccccc23)cc(C2CCCN2C(=O)Nc2cccc3ccccc23)c1O. The molecule has 4 N–H and O–H groups in total. The molecule has 2 atom stereocenters. The quantitative estimate of drug-likeness (QED) is 0.166. The molecule has 5 aromatic rings. The van der Waals surface area contributed by atoms with Crippen molar-refractivity contribution >= 4 is 45.0 Å². The van der Waals surface area contributed by atoms with Gasteiger partial charge in [-0.05, 0) is 61.6 Å². The van der Waals surface area contributed by atoms with E-state index in [0.717, 1.165) is 45.8 Å². The van der Waals surface area contributed by atoms with Crippen LogP contribution in [0.25, 0.3) is 21.5 Å². The van der Waals surface area contributed by atoms with Gasteiger partial charge in [-0.1, -0.05) is 72.8 Å². The van der Waals surface area contributed by atoms with Gasteiger partial charge in [-0.3, -0.25) is 0 Å². The van der Waals surface area contributed by atoms with Gasteiger partial charge in [0.1, 0.15) is 11.5 Å². The Bertz CT molecular complexity index is 1790. The predicted octanol–water partition coefficient (Wildman–Crippen LogP) is 8.45. The van der Waals surface area contributed by atoms with Crippen LogP contribution in [0.1, 0.15) is 54.5 Å². The van der Waals surface area contributed by atoms with E-state index in [9.17, 15) is 19.8 Å². The molecular formula is C37H36N4O4. The van der Waals surface area contributed by atoms with Crippen molar-refractivity contribution in [1.29, 1.82) is 0 Å². The van der Waals surface area contributed by atoms with E-state index in [4.69, 9.17) is 0 Å². The highest BCUT2D eigenvalue weighted by Crippen LogP contribution is 2.47. The number of hydrogen-bond donors (Lipinski definition) is 4. The maximum Gasteiger partial charge on any atom is 0.322 e. The summed E-state index contributed by atoms with van der Waals surface area (Å²) in [6.07, 6.45) is 2.92. The number of amides is 4. The van der Waals surface area contributed by atoms with Crippen molar-refractivity contribution in [2.75, 3.05) is 23.7 Å². The molecule has 228 valence electrons. The number of carbonyl (C=O) groups is 2. The number of phenols is 2. The van der Waals surface area contributed by atoms with Gasteiger partial charge in [-0.2, -0.15) is 0 Å². The molecule has 0 aromatic heterocycles. The van der Waals surface area contributed by atoms with Gasteiger partial charge in [0.2, 0.25) is 0 Å². The first-order valence-corrected chi connectivity index (χ1v) is 15.6. The van der Waals surface area contributed by atoms with Crippen LogP contribution in [0.3, 0.4) is 0 Å². The first-order chi connectivity index (χ1) is 21.9. The van der Waals surface area contributed by atoms with E-state index in [1.165, 1.54) is 0 Å². The smallest absolute Gasteiger partial charge is 0.322 e. The summed E-state index contributed by atoms with van der Waals surface area (Å²) in [5.41, 5.74) is 2.99. The number of likely N-dealkylation sites (tertiary alicyclic amines) is 2. The molecule has 0 aliphatic carbocycles. The van der Waals surface area contributed by atoms with E-state index >= 15 is 0 Å². The minimum Gasteiger partial charge on any atom is -0.507 e. The minimum atomic E-state index is -0.377. The van der Waals surface area contributed by atoms with E-state index in [1.54, 1.807) is 22.8 Å². The minimum absolute atomic E-state index is 0.0177. The number of fused-ring (bicyclic) bond motifs is 2. The summed E-state index contributed by atoms with van der Waals surface area (Å²) < 4.78 is 0. The van der Waals surface area contributed by atoms with Gasteiger partial charge in [-0.15, -0.1) is 0 Å². The van der Waals surface area contributed by atoms with Gasteiger partial charge in [-0.25, -0.2) is 9.59 Å². The number of carbonyl (C=O) groups excluding carboxylic acids is 2. The van der Waals surface area contributed by atoms with Gasteiger partial charge in [0.25, 0.3) is 0 Å². The summed E-state index contributed by atoms with van der Waals surface area (Å²) in [4.78, 5) is 30.9. The number of nitrogens with one attached hydrogen (secondary N) is 2. The van der Waals surface area contributed by atoms with Crippen LogP contribution in [0.2, 0.25) is 0 Å². The van der Waals surface area contributed by atoms with Crippen LogP contribution >= 0.6 is 0 Å². The molecule has 0 saturated carbocycles. The van der Waals surface area contributed by atoms with Crippen molar-refractivity contribution in [3.05, 3.63) is 108 Å². The summed E-state index contributed by atoms with van der Waals surface area (Å²) in [6.45, 7) is 2.76. The van der Waals surface area contributed by atoms with Gasteiger partial charge >= 0.3 is 12.1 Å². The van der Waals surface area contributed by atoms with Crippen molar-refractivity contribution in [1.82, 2.24) is 9.80 Å². The van der Waals surface area contributed by atoms with Gasteiger partial charge < -0.3 is 30.6 Å². The molecule has 2 heterocycles. The van der Waals surface area contributed by atoms with E-state index in [0.29, 0.717) is 42.6 Å². The van der Waals surface area contributed by atoms with Crippen molar-refractivity contribution < 1.29 is 19.8 Å². The second-order valence-corrected chi connectivity index (χ2v) is 12.0. The number of hydrogen-bond acceptors (Lipinski definition) is 4. The number of nitrogens with zero attached hydrogens (tertiary/aromatic N) is 2. The third-order valence-electron chi connectivity index (χ3n) is 9.38. The molecule has 2 aliphatic rings. The summed E-state index contributed by atoms with van der Waals surface area (Å²) >= 11 is 0. The summed E-state index contributed by atoms with van der Waals surface area (Å²) in [5, 5.41) is 32.8. The molecule has 2 aliphatic heterocycles. The fourth-order valence-electron chi connectivity index (χ4n) is 7.07. The van der Waals surface area contributed by atoms with E-state index < -0.39 is 0 Å². The highest BCUT2D eigenvalue weighted by molar-refractivity contribution is 6.02. The number of urea groups is 2. The Morgan fingerprint density at radius 3 is 1.53 bits per heavy atom. The third-order valence-corrected chi connectivity index (χ3v) is 9.38. The van der Waals surface area contributed by atoms with E-state index in [1.807, 2.05) is 84.9 Å². The Morgan fingerprint density at radius 2 is 1.07 bits per heavy atom. The van der Waals surface area contributed by atoms with Gasteiger partial charge in [0.15, 0.2) is 0 Å². The maximum absolute atomic E-state index is 13.7. The number of phenolic OH excluding ortho intramolecular Hbond substituents is 2. The zero-order valence-electron chi connectivity index (χ0n) is 25.2. The molecule has 2 fully saturated rings. The normalized spacial score (nSPS) is 18.1. The largest absolute Gasteiger partial charge is 0.507 e. The lowest BCUT2D eigenvalue weighted by Crippen LogP contribution is -2.35. The number of anilines is 2. The third kappa shape index (κ3) is 5.16. The fraction of sp³-hybridized carbons (Fsp3) is 0.243. The maximum atomic E-state index is 13.7. The Balaban J connectivity index is 1.17. The number of rotatable bonds is 4. The monoisotopic (exact) mass is 600 g/mol. The van der Waals surface area contributed by atoms with E-state index in [-0.39, 0.29) is 35.6 Å². The molecule has 0 bridgehead atoms. The second-order valence-electron chi connectivity index (χ2n) is 12.0. The van der Waals surface area contributed by atoms with Gasteiger partial charge in [0.05, 0.1) is 23.5 Å². The van der Waals surface area contributed by atoms with Crippen LogP contribution in [-0.4, -0.2) is 45.2 Å². The molecular weight excluding hydrogens is 564 g/mol. The lowest BCUT2D eigenvalue weighted by Gasteiger charge is -2.30. The highest BCUT2D eigenvalue weighted by atomic mass is 16.3. The first-order valence-electron chi connectivity index (χ1n) is 15.6. The molecule has 45 heavy (non-hydrogen) atoms. The van der Waals surface area contributed by atoms with Crippen LogP contribution in [0, 0.1) is 6.92 Å². The van der Waals surface area contributed by atoms with Crippen LogP contribution in [0.15, 0.2) is 91.0 Å². The fourth-order valence-corrected chi connectivity index (χ4v) is 7.07. The molecule has 2 saturated heterocycles. The molecule has 0 radical (unpaired) electrons. The predicted molar refractivity (Wildman–Crippen MR) is 178 cm³/mol. The lowest BCUT2D eigenvalue weighted by molar-refractivity contribution is 0.205. The Labute approximate surface area is 261 Å².